The molecule has 18 heavy (non-hydrogen) atoms. The van der Waals surface area contributed by atoms with Gasteiger partial charge in [0.25, 0.3) is 0 Å². The maximum absolute atomic E-state index is 5.65. The summed E-state index contributed by atoms with van der Waals surface area (Å²) in [5.41, 5.74) is 5.65. The zero-order valence-electron chi connectivity index (χ0n) is 11.6. The van der Waals surface area contributed by atoms with E-state index in [1.165, 1.54) is 12.8 Å². The van der Waals surface area contributed by atoms with Crippen molar-refractivity contribution >= 4 is 0 Å². The van der Waals surface area contributed by atoms with Crippen LogP contribution < -0.4 is 5.73 Å². The first-order chi connectivity index (χ1) is 8.81. The molecular formula is C13H26N4O. The summed E-state index contributed by atoms with van der Waals surface area (Å²) in [6.45, 7) is 4.53. The average molecular weight is 254 g/mol. The first-order valence-corrected chi connectivity index (χ1v) is 6.87. The Kier molecular flexibility index (Phi) is 7.60. The summed E-state index contributed by atoms with van der Waals surface area (Å²) in [5, 5.41) is 8.17. The van der Waals surface area contributed by atoms with E-state index in [2.05, 4.69) is 21.7 Å². The number of aromatic nitrogens is 3. The largest absolute Gasteiger partial charge is 0.383 e. The first kappa shape index (κ1) is 15.1. The van der Waals surface area contributed by atoms with Crippen LogP contribution in [0.4, 0.5) is 0 Å². The molecule has 0 bridgehead atoms. The van der Waals surface area contributed by atoms with Crippen LogP contribution in [0.2, 0.25) is 0 Å². The fraction of sp³-hybridized carbons (Fsp3) is 0.846. The molecule has 0 fully saturated rings. The Balaban J connectivity index is 2.42. The van der Waals surface area contributed by atoms with Crippen LogP contribution in [0, 0.1) is 5.92 Å². The van der Waals surface area contributed by atoms with Gasteiger partial charge in [-0.25, -0.2) is 0 Å². The van der Waals surface area contributed by atoms with Crippen molar-refractivity contribution in [1.82, 2.24) is 14.8 Å². The van der Waals surface area contributed by atoms with E-state index < -0.39 is 0 Å². The Morgan fingerprint density at radius 3 is 2.89 bits per heavy atom. The van der Waals surface area contributed by atoms with Crippen molar-refractivity contribution < 1.29 is 4.74 Å². The third kappa shape index (κ3) is 5.14. The lowest BCUT2D eigenvalue weighted by molar-refractivity contribution is 0.186. The lowest BCUT2D eigenvalue weighted by atomic mass is 9.94. The molecule has 5 heteroatoms. The molecule has 0 saturated carbocycles. The van der Waals surface area contributed by atoms with Crippen LogP contribution in [0.5, 0.6) is 0 Å². The Hall–Kier alpha value is -0.940. The zero-order chi connectivity index (χ0) is 13.2. The van der Waals surface area contributed by atoms with E-state index in [9.17, 15) is 0 Å². The Labute approximate surface area is 110 Å². The highest BCUT2D eigenvalue weighted by Crippen LogP contribution is 2.17. The number of nitrogens with zero attached hydrogens (tertiary/aromatic N) is 3. The summed E-state index contributed by atoms with van der Waals surface area (Å²) in [5.74, 6) is 1.78. The molecular weight excluding hydrogens is 228 g/mol. The van der Waals surface area contributed by atoms with Gasteiger partial charge < -0.3 is 15.0 Å². The van der Waals surface area contributed by atoms with Crippen molar-refractivity contribution in [3.63, 3.8) is 0 Å². The topological polar surface area (TPSA) is 66.0 Å². The van der Waals surface area contributed by atoms with Crippen LogP contribution in [-0.4, -0.2) is 35.0 Å². The molecule has 0 amide bonds. The van der Waals surface area contributed by atoms with Crippen LogP contribution in [0.15, 0.2) is 6.33 Å². The van der Waals surface area contributed by atoms with Gasteiger partial charge in [-0.2, -0.15) is 0 Å². The highest BCUT2D eigenvalue weighted by Gasteiger charge is 2.10. The summed E-state index contributed by atoms with van der Waals surface area (Å²) in [4.78, 5) is 0. The van der Waals surface area contributed by atoms with Gasteiger partial charge in [0.15, 0.2) is 0 Å². The maximum Gasteiger partial charge on any atom is 0.132 e. The lowest BCUT2D eigenvalue weighted by Crippen LogP contribution is -2.12. The maximum atomic E-state index is 5.65. The SMILES string of the molecule is CCCC(CCN)CCc1nncn1CCOC. The normalized spacial score (nSPS) is 12.8. The predicted molar refractivity (Wildman–Crippen MR) is 72.3 cm³/mol. The van der Waals surface area contributed by atoms with Crippen molar-refractivity contribution in [2.75, 3.05) is 20.3 Å². The minimum absolute atomic E-state index is 0.701. The van der Waals surface area contributed by atoms with E-state index in [0.717, 1.165) is 38.2 Å². The molecule has 1 atom stereocenters. The zero-order valence-corrected chi connectivity index (χ0v) is 11.6. The van der Waals surface area contributed by atoms with Gasteiger partial charge in [0.2, 0.25) is 0 Å². The summed E-state index contributed by atoms with van der Waals surface area (Å²) in [6, 6.07) is 0. The molecule has 0 aromatic carbocycles. The monoisotopic (exact) mass is 254 g/mol. The smallest absolute Gasteiger partial charge is 0.132 e. The van der Waals surface area contributed by atoms with Crippen molar-refractivity contribution in [1.29, 1.82) is 0 Å². The average Bonchev–Trinajstić information content (AvgIpc) is 2.81. The van der Waals surface area contributed by atoms with E-state index in [4.69, 9.17) is 10.5 Å². The molecule has 0 spiro atoms. The Morgan fingerprint density at radius 1 is 1.39 bits per heavy atom. The van der Waals surface area contributed by atoms with Gasteiger partial charge in [-0.05, 0) is 25.3 Å². The van der Waals surface area contributed by atoms with Crippen molar-refractivity contribution in [3.05, 3.63) is 12.2 Å². The molecule has 0 aliphatic heterocycles. The van der Waals surface area contributed by atoms with Crippen molar-refractivity contribution in [2.24, 2.45) is 11.7 Å². The van der Waals surface area contributed by atoms with E-state index in [1.807, 2.05) is 0 Å². The number of hydrogen-bond donors (Lipinski definition) is 1. The number of hydrogen-bond acceptors (Lipinski definition) is 4. The minimum atomic E-state index is 0.701. The fourth-order valence-corrected chi connectivity index (χ4v) is 2.26. The molecule has 1 aromatic heterocycles. The second-order valence-electron chi connectivity index (χ2n) is 4.70. The molecule has 0 saturated heterocycles. The van der Waals surface area contributed by atoms with Crippen LogP contribution in [0.1, 0.15) is 38.4 Å². The van der Waals surface area contributed by atoms with E-state index >= 15 is 0 Å². The summed E-state index contributed by atoms with van der Waals surface area (Å²) < 4.78 is 7.16. The van der Waals surface area contributed by atoms with Crippen LogP contribution in [0.3, 0.4) is 0 Å². The molecule has 0 aliphatic rings. The summed E-state index contributed by atoms with van der Waals surface area (Å²) in [7, 11) is 1.71. The molecule has 1 aromatic rings. The van der Waals surface area contributed by atoms with E-state index in [1.54, 1.807) is 13.4 Å². The molecule has 0 aliphatic carbocycles. The van der Waals surface area contributed by atoms with Gasteiger partial charge in [0.1, 0.15) is 12.2 Å². The minimum Gasteiger partial charge on any atom is -0.383 e. The predicted octanol–water partition coefficient (Wildman–Crippen LogP) is 1.62. The summed E-state index contributed by atoms with van der Waals surface area (Å²) in [6.07, 6.45) is 7.50. The van der Waals surface area contributed by atoms with E-state index in [-0.39, 0.29) is 0 Å². The number of nitrogens with two attached hydrogens (primary N) is 1. The molecule has 1 heterocycles. The standard InChI is InChI=1S/C13H26N4O/c1-3-4-12(7-8-14)5-6-13-16-15-11-17(13)9-10-18-2/h11-12H,3-10,14H2,1-2H3. The summed E-state index contributed by atoms with van der Waals surface area (Å²) >= 11 is 0. The highest BCUT2D eigenvalue weighted by atomic mass is 16.5. The Morgan fingerprint density at radius 2 is 2.22 bits per heavy atom. The van der Waals surface area contributed by atoms with Gasteiger partial charge in [0, 0.05) is 20.1 Å². The number of aryl methyl sites for hydroxylation is 1. The fourth-order valence-electron chi connectivity index (χ4n) is 2.26. The number of methoxy groups -OCH3 is 1. The van der Waals surface area contributed by atoms with Crippen molar-refractivity contribution in [2.45, 2.75) is 45.6 Å². The molecule has 104 valence electrons. The number of rotatable bonds is 10. The van der Waals surface area contributed by atoms with Crippen LogP contribution in [0.25, 0.3) is 0 Å². The quantitative estimate of drug-likeness (QED) is 0.689. The van der Waals surface area contributed by atoms with Crippen LogP contribution in [-0.2, 0) is 17.7 Å². The van der Waals surface area contributed by atoms with Gasteiger partial charge in [-0.1, -0.05) is 19.8 Å². The first-order valence-electron chi connectivity index (χ1n) is 6.87. The second kappa shape index (κ2) is 9.05. The van der Waals surface area contributed by atoms with Gasteiger partial charge in [0.05, 0.1) is 6.61 Å². The van der Waals surface area contributed by atoms with Gasteiger partial charge >= 0.3 is 0 Å². The number of ether oxygens (including phenoxy) is 1. The second-order valence-corrected chi connectivity index (χ2v) is 4.70. The molecule has 1 unspecified atom stereocenters. The molecule has 0 radical (unpaired) electrons. The van der Waals surface area contributed by atoms with Gasteiger partial charge in [-0.15, -0.1) is 10.2 Å². The molecule has 2 N–H and O–H groups in total. The third-order valence-corrected chi connectivity index (χ3v) is 3.28. The Bertz CT molecular complexity index is 308. The molecule has 5 nitrogen and oxygen atoms in total. The van der Waals surface area contributed by atoms with Crippen molar-refractivity contribution in [3.8, 4) is 0 Å². The van der Waals surface area contributed by atoms with Crippen LogP contribution >= 0.6 is 0 Å². The third-order valence-electron chi connectivity index (χ3n) is 3.28. The lowest BCUT2D eigenvalue weighted by Gasteiger charge is -2.14. The van der Waals surface area contributed by atoms with E-state index in [0.29, 0.717) is 12.5 Å². The highest BCUT2D eigenvalue weighted by molar-refractivity contribution is 4.86. The van der Waals surface area contributed by atoms with Gasteiger partial charge in [-0.3, -0.25) is 0 Å². The molecule has 1 rings (SSSR count).